The third-order valence-corrected chi connectivity index (χ3v) is 5.82. The second-order valence-electron chi connectivity index (χ2n) is 7.79. The topological polar surface area (TPSA) is 115 Å². The predicted molar refractivity (Wildman–Crippen MR) is 102 cm³/mol. The first-order valence-electron chi connectivity index (χ1n) is 9.12. The van der Waals surface area contributed by atoms with Crippen molar-refractivity contribution >= 4 is 28.2 Å². The van der Waals surface area contributed by atoms with Crippen LogP contribution in [-0.2, 0) is 0 Å². The van der Waals surface area contributed by atoms with Crippen molar-refractivity contribution in [1.29, 1.82) is 0 Å². The van der Waals surface area contributed by atoms with Crippen molar-refractivity contribution in [2.24, 2.45) is 11.7 Å². The zero-order valence-corrected chi connectivity index (χ0v) is 15.3. The normalized spacial score (nSPS) is 22.6. The summed E-state index contributed by atoms with van der Waals surface area (Å²) in [5, 5.41) is 9.35. The molecule has 8 heteroatoms. The molecule has 1 saturated carbocycles. The number of pyridine rings is 1. The molecule has 0 amide bonds. The van der Waals surface area contributed by atoms with Crippen LogP contribution in [0, 0.1) is 18.7 Å². The van der Waals surface area contributed by atoms with Gasteiger partial charge in [0.15, 0.2) is 5.82 Å². The highest BCUT2D eigenvalue weighted by Gasteiger charge is 2.34. The summed E-state index contributed by atoms with van der Waals surface area (Å²) in [7, 11) is 0. The summed E-state index contributed by atoms with van der Waals surface area (Å²) in [4.78, 5) is 26.2. The monoisotopic (exact) mass is 374 g/mol. The van der Waals surface area contributed by atoms with Crippen molar-refractivity contribution in [1.82, 2.24) is 4.57 Å². The molecule has 144 valence electrons. The fraction of sp³-hybridized carbons (Fsp3) is 0.474. The summed E-state index contributed by atoms with van der Waals surface area (Å²) in [5.74, 6) is -1.80. The van der Waals surface area contributed by atoms with E-state index >= 15 is 4.39 Å². The number of fused-ring (bicyclic) bond motifs is 1. The first-order valence-corrected chi connectivity index (χ1v) is 9.12. The van der Waals surface area contributed by atoms with Gasteiger partial charge in [-0.15, -0.1) is 0 Å². The molecule has 1 aromatic carbocycles. The van der Waals surface area contributed by atoms with E-state index in [1.165, 1.54) is 6.20 Å². The zero-order valence-electron chi connectivity index (χ0n) is 15.3. The standard InChI is InChI=1S/C19H23FN4O3/c1-8-5-23(7-12(8)21)17-9(2)16-13(15(22)14(17)20)18(25)11(19(26)27)6-24(16)10-3-4-10/h6,8,10,12H,3-5,7,21-22H2,1-2H3,(H,26,27)/t8-,12+/m0/s1. The van der Waals surface area contributed by atoms with Crippen LogP contribution in [-0.4, -0.2) is 34.8 Å². The number of anilines is 2. The van der Waals surface area contributed by atoms with Crippen molar-refractivity contribution in [2.75, 3.05) is 23.7 Å². The number of nitrogen functional groups attached to an aromatic ring is 1. The van der Waals surface area contributed by atoms with Crippen LogP contribution >= 0.6 is 0 Å². The predicted octanol–water partition coefficient (Wildman–Crippen LogP) is 1.85. The lowest BCUT2D eigenvalue weighted by atomic mass is 10.0. The van der Waals surface area contributed by atoms with Crippen LogP contribution < -0.4 is 21.8 Å². The Balaban J connectivity index is 2.07. The molecule has 1 saturated heterocycles. The highest BCUT2D eigenvalue weighted by atomic mass is 19.1. The molecule has 2 heterocycles. The zero-order chi connectivity index (χ0) is 19.6. The molecule has 0 radical (unpaired) electrons. The molecule has 5 N–H and O–H groups in total. The molecule has 27 heavy (non-hydrogen) atoms. The first-order chi connectivity index (χ1) is 12.7. The van der Waals surface area contributed by atoms with Crippen molar-refractivity contribution in [2.45, 2.75) is 38.8 Å². The Labute approximate surface area is 155 Å². The van der Waals surface area contributed by atoms with E-state index in [1.54, 1.807) is 11.5 Å². The fourth-order valence-electron chi connectivity index (χ4n) is 4.12. The van der Waals surface area contributed by atoms with Gasteiger partial charge in [0.2, 0.25) is 5.43 Å². The van der Waals surface area contributed by atoms with Crippen molar-refractivity contribution < 1.29 is 14.3 Å². The first kappa shape index (κ1) is 17.8. The molecule has 4 rings (SSSR count). The van der Waals surface area contributed by atoms with Gasteiger partial charge in [-0.2, -0.15) is 0 Å². The van der Waals surface area contributed by atoms with Gasteiger partial charge in [-0.1, -0.05) is 6.92 Å². The van der Waals surface area contributed by atoms with Gasteiger partial charge in [0.25, 0.3) is 0 Å². The fourth-order valence-corrected chi connectivity index (χ4v) is 4.12. The van der Waals surface area contributed by atoms with Crippen molar-refractivity contribution in [3.05, 3.63) is 33.4 Å². The Hall–Kier alpha value is -2.61. The molecule has 1 aliphatic heterocycles. The van der Waals surface area contributed by atoms with E-state index in [0.29, 0.717) is 29.9 Å². The third kappa shape index (κ3) is 2.58. The highest BCUT2D eigenvalue weighted by molar-refractivity contribution is 6.01. The number of nitrogens with zero attached hydrogens (tertiary/aromatic N) is 2. The van der Waals surface area contributed by atoms with Gasteiger partial charge in [0.05, 0.1) is 22.3 Å². The largest absolute Gasteiger partial charge is 0.477 e. The molecule has 2 aromatic rings. The summed E-state index contributed by atoms with van der Waals surface area (Å²) >= 11 is 0. The summed E-state index contributed by atoms with van der Waals surface area (Å²) in [6.07, 6.45) is 3.14. The van der Waals surface area contributed by atoms with Crippen LogP contribution in [0.2, 0.25) is 0 Å². The van der Waals surface area contributed by atoms with Crippen molar-refractivity contribution in [3.63, 3.8) is 0 Å². The molecule has 2 fully saturated rings. The summed E-state index contributed by atoms with van der Waals surface area (Å²) < 4.78 is 17.0. The lowest BCUT2D eigenvalue weighted by molar-refractivity contribution is 0.0695. The Morgan fingerprint density at radius 2 is 2.00 bits per heavy atom. The van der Waals surface area contributed by atoms with E-state index in [4.69, 9.17) is 11.5 Å². The number of carboxylic acid groups (broad SMARTS) is 1. The Morgan fingerprint density at radius 3 is 2.52 bits per heavy atom. The minimum Gasteiger partial charge on any atom is -0.477 e. The average molecular weight is 374 g/mol. The van der Waals surface area contributed by atoms with E-state index in [9.17, 15) is 14.7 Å². The molecule has 2 aliphatic rings. The Kier molecular flexibility index (Phi) is 3.92. The van der Waals surface area contributed by atoms with Crippen LogP contribution in [0.4, 0.5) is 15.8 Å². The number of nitrogens with two attached hydrogens (primary N) is 2. The Bertz CT molecular complexity index is 1020. The second kappa shape index (κ2) is 5.95. The van der Waals surface area contributed by atoms with E-state index < -0.39 is 17.2 Å². The van der Waals surface area contributed by atoms with Gasteiger partial charge in [-0.05, 0) is 31.2 Å². The van der Waals surface area contributed by atoms with Gasteiger partial charge in [-0.25, -0.2) is 9.18 Å². The summed E-state index contributed by atoms with van der Waals surface area (Å²) in [5.41, 5.74) is 12.2. The lowest BCUT2D eigenvalue weighted by Gasteiger charge is -2.25. The van der Waals surface area contributed by atoms with Crippen molar-refractivity contribution in [3.8, 4) is 0 Å². The number of aromatic nitrogens is 1. The minimum absolute atomic E-state index is 0.0444. The molecule has 2 atom stereocenters. The summed E-state index contributed by atoms with van der Waals surface area (Å²) in [6.45, 7) is 4.88. The Morgan fingerprint density at radius 1 is 1.33 bits per heavy atom. The maximum Gasteiger partial charge on any atom is 0.341 e. The second-order valence-corrected chi connectivity index (χ2v) is 7.79. The molecule has 0 bridgehead atoms. The molecule has 1 aromatic heterocycles. The van der Waals surface area contributed by atoms with Crippen LogP contribution in [0.1, 0.15) is 41.7 Å². The van der Waals surface area contributed by atoms with Gasteiger partial charge in [0.1, 0.15) is 5.56 Å². The summed E-state index contributed by atoms with van der Waals surface area (Å²) in [6, 6.07) is 0.0307. The maximum atomic E-state index is 15.3. The van der Waals surface area contributed by atoms with E-state index in [0.717, 1.165) is 12.8 Å². The van der Waals surface area contributed by atoms with Gasteiger partial charge in [-0.3, -0.25) is 4.79 Å². The SMILES string of the molecule is Cc1c(N2C[C@@H](N)[C@@H](C)C2)c(F)c(N)c2c(=O)c(C(=O)O)cn(C3CC3)c12. The average Bonchev–Trinajstić information content (AvgIpc) is 3.38. The van der Waals surface area contributed by atoms with Gasteiger partial charge < -0.3 is 26.0 Å². The number of halogens is 1. The van der Waals surface area contributed by atoms with Crippen LogP contribution in [0.5, 0.6) is 0 Å². The number of carbonyl (C=O) groups is 1. The minimum atomic E-state index is -1.34. The van der Waals surface area contributed by atoms with Crippen LogP contribution in [0.3, 0.4) is 0 Å². The van der Waals surface area contributed by atoms with E-state index in [1.807, 2.05) is 11.8 Å². The van der Waals surface area contributed by atoms with Gasteiger partial charge in [0, 0.05) is 31.4 Å². The molecule has 0 spiro atoms. The van der Waals surface area contributed by atoms with E-state index in [2.05, 4.69) is 0 Å². The molecular weight excluding hydrogens is 351 g/mol. The van der Waals surface area contributed by atoms with Crippen LogP contribution in [0.15, 0.2) is 11.0 Å². The van der Waals surface area contributed by atoms with Gasteiger partial charge >= 0.3 is 5.97 Å². The highest BCUT2D eigenvalue weighted by Crippen LogP contribution is 2.42. The number of aromatic carboxylic acids is 1. The molecule has 0 unspecified atom stereocenters. The number of aryl methyl sites for hydroxylation is 1. The maximum absolute atomic E-state index is 15.3. The van der Waals surface area contributed by atoms with E-state index in [-0.39, 0.29) is 34.6 Å². The number of carboxylic acids is 1. The third-order valence-electron chi connectivity index (χ3n) is 5.82. The lowest BCUT2D eigenvalue weighted by Crippen LogP contribution is -2.29. The molecule has 7 nitrogen and oxygen atoms in total. The number of hydrogen-bond acceptors (Lipinski definition) is 5. The van der Waals surface area contributed by atoms with Crippen LogP contribution in [0.25, 0.3) is 10.9 Å². The smallest absolute Gasteiger partial charge is 0.341 e. The molecule has 1 aliphatic carbocycles. The molecular formula is C19H23FN4O3. The number of rotatable bonds is 3. The quantitative estimate of drug-likeness (QED) is 0.707. The number of hydrogen-bond donors (Lipinski definition) is 3. The number of benzene rings is 1.